The lowest BCUT2D eigenvalue weighted by Gasteiger charge is -2.26. The van der Waals surface area contributed by atoms with Crippen LogP contribution in [0.4, 0.5) is 11.4 Å². The molecule has 0 aromatic heterocycles. The average Bonchev–Trinajstić information content (AvgIpc) is 3.15. The molecule has 0 bridgehead atoms. The highest BCUT2D eigenvalue weighted by molar-refractivity contribution is 6.51. The second-order valence-electron chi connectivity index (χ2n) is 8.43. The number of aliphatic hydroxyl groups is 1. The summed E-state index contributed by atoms with van der Waals surface area (Å²) in [6.07, 6.45) is 0. The maximum absolute atomic E-state index is 13.4. The number of anilines is 2. The molecule has 1 N–H and O–H groups in total. The predicted octanol–water partition coefficient (Wildman–Crippen LogP) is 5.44. The maximum Gasteiger partial charge on any atom is 0.300 e. The van der Waals surface area contributed by atoms with E-state index in [2.05, 4.69) is 0 Å². The lowest BCUT2D eigenvalue weighted by Crippen LogP contribution is -2.29. The van der Waals surface area contributed by atoms with Gasteiger partial charge in [-0.2, -0.15) is 0 Å². The molecule has 0 saturated carbocycles. The summed E-state index contributed by atoms with van der Waals surface area (Å²) >= 11 is 6.15. The highest BCUT2D eigenvalue weighted by atomic mass is 35.5. The number of nitrogens with zero attached hydrogens (tertiary/aromatic N) is 2. The summed E-state index contributed by atoms with van der Waals surface area (Å²) in [5.74, 6) is -0.829. The number of methoxy groups -OCH3 is 1. The van der Waals surface area contributed by atoms with Gasteiger partial charge in [0.15, 0.2) is 0 Å². The van der Waals surface area contributed by atoms with Crippen molar-refractivity contribution in [3.63, 3.8) is 0 Å². The quantitative estimate of drug-likeness (QED) is 0.261. The lowest BCUT2D eigenvalue weighted by atomic mass is 9.94. The number of carbonyl (C=O) groups is 2. The van der Waals surface area contributed by atoms with Gasteiger partial charge in [-0.05, 0) is 67.1 Å². The molecule has 1 aliphatic heterocycles. The fraction of sp³-hybridized carbons (Fsp3) is 0.214. The first-order chi connectivity index (χ1) is 17.3. The molecule has 1 saturated heterocycles. The van der Waals surface area contributed by atoms with Crippen molar-refractivity contribution in [2.24, 2.45) is 0 Å². The summed E-state index contributed by atoms with van der Waals surface area (Å²) in [6.45, 7) is 2.39. The number of amides is 1. The molecule has 0 radical (unpaired) electrons. The Balaban J connectivity index is 1.89. The molecule has 1 heterocycles. The van der Waals surface area contributed by atoms with Crippen molar-refractivity contribution in [3.8, 4) is 11.5 Å². The van der Waals surface area contributed by atoms with Crippen molar-refractivity contribution in [3.05, 3.63) is 88.5 Å². The van der Waals surface area contributed by atoms with Gasteiger partial charge in [0.2, 0.25) is 0 Å². The van der Waals surface area contributed by atoms with Gasteiger partial charge in [-0.3, -0.25) is 14.5 Å². The molecule has 1 aliphatic rings. The SMILES string of the molecule is CCOc1ccc(N2C(=O)C(=O)/C(=C(\O)c3ccc(Cl)c(OC)c3)C2c2ccc(N(C)C)cc2)cc1. The van der Waals surface area contributed by atoms with E-state index in [4.69, 9.17) is 21.1 Å². The fourth-order valence-electron chi connectivity index (χ4n) is 4.20. The number of aliphatic hydroxyl groups excluding tert-OH is 1. The Kier molecular flexibility index (Phi) is 7.22. The van der Waals surface area contributed by atoms with Crippen molar-refractivity contribution in [2.75, 3.05) is 37.6 Å². The summed E-state index contributed by atoms with van der Waals surface area (Å²) in [4.78, 5) is 30.1. The molecule has 1 amide bonds. The van der Waals surface area contributed by atoms with Crippen LogP contribution in [0, 0.1) is 0 Å². The molecular formula is C28H27ClN2O5. The van der Waals surface area contributed by atoms with Gasteiger partial charge in [-0.15, -0.1) is 0 Å². The van der Waals surface area contributed by atoms with Crippen molar-refractivity contribution >= 4 is 40.4 Å². The Labute approximate surface area is 215 Å². The Hall–Kier alpha value is -3.97. The number of ketones is 1. The van der Waals surface area contributed by atoms with Gasteiger partial charge in [-0.1, -0.05) is 23.7 Å². The zero-order valence-electron chi connectivity index (χ0n) is 20.5. The van der Waals surface area contributed by atoms with Gasteiger partial charge < -0.3 is 19.5 Å². The average molecular weight is 507 g/mol. The first kappa shape index (κ1) is 25.1. The number of carbonyl (C=O) groups excluding carboxylic acids is 2. The van der Waals surface area contributed by atoms with Gasteiger partial charge in [0, 0.05) is 31.0 Å². The Morgan fingerprint density at radius 3 is 2.28 bits per heavy atom. The fourth-order valence-corrected chi connectivity index (χ4v) is 4.40. The minimum Gasteiger partial charge on any atom is -0.507 e. The number of Topliss-reactive ketones (excluding diaryl/α,β-unsaturated/α-hetero) is 1. The molecular weight excluding hydrogens is 480 g/mol. The first-order valence-corrected chi connectivity index (χ1v) is 11.8. The minimum absolute atomic E-state index is 0.0177. The second-order valence-corrected chi connectivity index (χ2v) is 8.84. The van der Waals surface area contributed by atoms with E-state index in [1.807, 2.05) is 50.2 Å². The summed E-state index contributed by atoms with van der Waals surface area (Å²) in [5, 5.41) is 11.7. The Morgan fingerprint density at radius 1 is 1.03 bits per heavy atom. The third-order valence-electron chi connectivity index (χ3n) is 6.02. The van der Waals surface area contributed by atoms with Crippen LogP contribution in [-0.4, -0.2) is 44.6 Å². The highest BCUT2D eigenvalue weighted by Gasteiger charge is 2.47. The predicted molar refractivity (Wildman–Crippen MR) is 141 cm³/mol. The van der Waals surface area contributed by atoms with E-state index in [1.54, 1.807) is 36.4 Å². The summed E-state index contributed by atoms with van der Waals surface area (Å²) in [6, 6.07) is 18.3. The molecule has 4 rings (SSSR count). The number of hydrogen-bond acceptors (Lipinski definition) is 6. The molecule has 8 heteroatoms. The smallest absolute Gasteiger partial charge is 0.300 e. The van der Waals surface area contributed by atoms with Gasteiger partial charge >= 0.3 is 0 Å². The molecule has 3 aromatic carbocycles. The van der Waals surface area contributed by atoms with Crippen LogP contribution in [0.3, 0.4) is 0 Å². The molecule has 0 spiro atoms. The molecule has 186 valence electrons. The molecule has 3 aromatic rings. The van der Waals surface area contributed by atoms with Gasteiger partial charge in [0.05, 0.1) is 30.4 Å². The van der Waals surface area contributed by atoms with E-state index in [9.17, 15) is 14.7 Å². The van der Waals surface area contributed by atoms with Crippen LogP contribution >= 0.6 is 11.6 Å². The molecule has 7 nitrogen and oxygen atoms in total. The van der Waals surface area contributed by atoms with Crippen LogP contribution in [0.5, 0.6) is 11.5 Å². The van der Waals surface area contributed by atoms with E-state index in [1.165, 1.54) is 18.1 Å². The third-order valence-corrected chi connectivity index (χ3v) is 6.33. The van der Waals surface area contributed by atoms with Crippen LogP contribution in [0.15, 0.2) is 72.3 Å². The molecule has 1 unspecified atom stereocenters. The van der Waals surface area contributed by atoms with Crippen molar-refractivity contribution in [1.82, 2.24) is 0 Å². The van der Waals surface area contributed by atoms with E-state index in [-0.39, 0.29) is 11.3 Å². The van der Waals surface area contributed by atoms with Gasteiger partial charge in [0.1, 0.15) is 17.3 Å². The molecule has 1 atom stereocenters. The number of rotatable bonds is 7. The molecule has 0 aliphatic carbocycles. The zero-order chi connectivity index (χ0) is 26.0. The summed E-state index contributed by atoms with van der Waals surface area (Å²) in [5.41, 5.74) is 2.44. The van der Waals surface area contributed by atoms with Crippen molar-refractivity contribution < 1.29 is 24.2 Å². The van der Waals surface area contributed by atoms with E-state index in [0.29, 0.717) is 39.9 Å². The van der Waals surface area contributed by atoms with Crippen LogP contribution in [0.2, 0.25) is 5.02 Å². The van der Waals surface area contributed by atoms with Crippen LogP contribution in [-0.2, 0) is 9.59 Å². The van der Waals surface area contributed by atoms with E-state index in [0.717, 1.165) is 5.69 Å². The summed E-state index contributed by atoms with van der Waals surface area (Å²) < 4.78 is 10.8. The Bertz CT molecular complexity index is 1320. The van der Waals surface area contributed by atoms with Crippen molar-refractivity contribution in [1.29, 1.82) is 0 Å². The van der Waals surface area contributed by atoms with Crippen LogP contribution < -0.4 is 19.3 Å². The minimum atomic E-state index is -0.846. The second kappa shape index (κ2) is 10.3. The normalized spacial score (nSPS) is 16.8. The number of ether oxygens (including phenoxy) is 2. The highest BCUT2D eigenvalue weighted by Crippen LogP contribution is 2.43. The zero-order valence-corrected chi connectivity index (χ0v) is 21.2. The molecule has 36 heavy (non-hydrogen) atoms. The standard InChI is InChI=1S/C28H27ClN2O5/c1-5-36-21-13-11-20(12-14-21)31-25(17-6-9-19(10-7-17)30(2)3)24(27(33)28(31)34)26(32)18-8-15-22(29)23(16-18)35-4/h6-16,25,32H,5H2,1-4H3/b26-24-. The topological polar surface area (TPSA) is 79.3 Å². The van der Waals surface area contributed by atoms with E-state index >= 15 is 0 Å². The van der Waals surface area contributed by atoms with Crippen LogP contribution in [0.25, 0.3) is 5.76 Å². The number of halogens is 1. The van der Waals surface area contributed by atoms with Gasteiger partial charge in [-0.25, -0.2) is 0 Å². The molecule has 1 fully saturated rings. The first-order valence-electron chi connectivity index (χ1n) is 11.4. The monoisotopic (exact) mass is 506 g/mol. The maximum atomic E-state index is 13.4. The summed E-state index contributed by atoms with van der Waals surface area (Å²) in [7, 11) is 5.31. The number of hydrogen-bond donors (Lipinski definition) is 1. The number of benzene rings is 3. The van der Waals surface area contributed by atoms with Gasteiger partial charge in [0.25, 0.3) is 11.7 Å². The Morgan fingerprint density at radius 2 is 1.69 bits per heavy atom. The van der Waals surface area contributed by atoms with E-state index < -0.39 is 17.7 Å². The lowest BCUT2D eigenvalue weighted by molar-refractivity contribution is -0.132. The van der Waals surface area contributed by atoms with Crippen LogP contribution in [0.1, 0.15) is 24.1 Å². The van der Waals surface area contributed by atoms with Crippen molar-refractivity contribution in [2.45, 2.75) is 13.0 Å². The third kappa shape index (κ3) is 4.62. The largest absolute Gasteiger partial charge is 0.507 e.